The topological polar surface area (TPSA) is 15.3 Å². The molecule has 0 aromatic heterocycles. The van der Waals surface area contributed by atoms with Crippen molar-refractivity contribution in [2.75, 3.05) is 19.0 Å². The largest absolute Gasteiger partial charge is 0.378 e. The van der Waals surface area contributed by atoms with E-state index >= 15 is 0 Å². The highest BCUT2D eigenvalue weighted by Gasteiger charge is 1.98. The summed E-state index contributed by atoms with van der Waals surface area (Å²) < 4.78 is 0. The standard InChI is InChI=1S/C13H18N2/c1-5-11(2)14-10-12-6-8-13(9-7-12)15(3)4/h1,6-9,11,14H,10H2,2-4H3. The van der Waals surface area contributed by atoms with E-state index in [9.17, 15) is 0 Å². The van der Waals surface area contributed by atoms with Gasteiger partial charge in [-0.25, -0.2) is 0 Å². The van der Waals surface area contributed by atoms with Gasteiger partial charge in [-0.2, -0.15) is 0 Å². The van der Waals surface area contributed by atoms with Crippen molar-refractivity contribution < 1.29 is 0 Å². The number of benzene rings is 1. The molecule has 80 valence electrons. The van der Waals surface area contributed by atoms with E-state index in [4.69, 9.17) is 6.42 Å². The van der Waals surface area contributed by atoms with Crippen LogP contribution in [0.3, 0.4) is 0 Å². The summed E-state index contributed by atoms with van der Waals surface area (Å²) in [5, 5.41) is 3.25. The van der Waals surface area contributed by atoms with Gasteiger partial charge in [-0.3, -0.25) is 5.32 Å². The first-order valence-corrected chi connectivity index (χ1v) is 5.09. The maximum atomic E-state index is 5.28. The molecule has 2 heteroatoms. The van der Waals surface area contributed by atoms with Gasteiger partial charge in [-0.15, -0.1) is 6.42 Å². The fourth-order valence-corrected chi connectivity index (χ4v) is 1.24. The highest BCUT2D eigenvalue weighted by atomic mass is 15.1. The number of rotatable bonds is 4. The second-order valence-electron chi connectivity index (χ2n) is 3.83. The van der Waals surface area contributed by atoms with Gasteiger partial charge in [0.1, 0.15) is 0 Å². The van der Waals surface area contributed by atoms with E-state index in [2.05, 4.69) is 40.4 Å². The Labute approximate surface area is 92.3 Å². The Morgan fingerprint density at radius 3 is 2.40 bits per heavy atom. The molecule has 15 heavy (non-hydrogen) atoms. The van der Waals surface area contributed by atoms with Crippen molar-refractivity contribution in [1.29, 1.82) is 0 Å². The molecule has 1 unspecified atom stereocenters. The van der Waals surface area contributed by atoms with Crippen LogP contribution in [-0.2, 0) is 6.54 Å². The summed E-state index contributed by atoms with van der Waals surface area (Å²) in [5.41, 5.74) is 2.46. The number of anilines is 1. The second kappa shape index (κ2) is 5.43. The first-order valence-electron chi connectivity index (χ1n) is 5.09. The molecule has 0 fully saturated rings. The maximum absolute atomic E-state index is 5.28. The Hall–Kier alpha value is -1.46. The van der Waals surface area contributed by atoms with Crippen molar-refractivity contribution in [3.63, 3.8) is 0 Å². The zero-order valence-electron chi connectivity index (χ0n) is 9.62. The third kappa shape index (κ3) is 3.65. The molecule has 0 aliphatic rings. The van der Waals surface area contributed by atoms with E-state index in [0.29, 0.717) is 0 Å². The van der Waals surface area contributed by atoms with E-state index < -0.39 is 0 Å². The van der Waals surface area contributed by atoms with Crippen LogP contribution >= 0.6 is 0 Å². The van der Waals surface area contributed by atoms with Crippen LogP contribution in [0.1, 0.15) is 12.5 Å². The van der Waals surface area contributed by atoms with E-state index in [1.165, 1.54) is 11.3 Å². The number of hydrogen-bond donors (Lipinski definition) is 1. The summed E-state index contributed by atoms with van der Waals surface area (Å²) in [5.74, 6) is 2.65. The van der Waals surface area contributed by atoms with Gasteiger partial charge in [0.15, 0.2) is 0 Å². The molecule has 0 saturated heterocycles. The Kier molecular flexibility index (Phi) is 4.20. The molecule has 1 aromatic rings. The van der Waals surface area contributed by atoms with Crippen LogP contribution in [0.25, 0.3) is 0 Å². The van der Waals surface area contributed by atoms with E-state index in [-0.39, 0.29) is 6.04 Å². The van der Waals surface area contributed by atoms with Gasteiger partial charge in [-0.05, 0) is 24.6 Å². The van der Waals surface area contributed by atoms with Gasteiger partial charge in [-0.1, -0.05) is 18.1 Å². The summed E-state index contributed by atoms with van der Waals surface area (Å²) >= 11 is 0. The quantitative estimate of drug-likeness (QED) is 0.750. The van der Waals surface area contributed by atoms with Crippen LogP contribution in [0, 0.1) is 12.3 Å². The smallest absolute Gasteiger partial charge is 0.0660 e. The monoisotopic (exact) mass is 202 g/mol. The summed E-state index contributed by atoms with van der Waals surface area (Å²) in [6.07, 6.45) is 5.28. The lowest BCUT2D eigenvalue weighted by molar-refractivity contribution is 0.648. The van der Waals surface area contributed by atoms with Gasteiger partial charge in [0.05, 0.1) is 6.04 Å². The van der Waals surface area contributed by atoms with Crippen molar-refractivity contribution >= 4 is 5.69 Å². The maximum Gasteiger partial charge on any atom is 0.0660 e. The minimum absolute atomic E-state index is 0.124. The molecule has 0 spiro atoms. The molecule has 1 rings (SSSR count). The van der Waals surface area contributed by atoms with Crippen LogP contribution in [0.2, 0.25) is 0 Å². The van der Waals surface area contributed by atoms with E-state index in [1.807, 2.05) is 21.0 Å². The molecule has 0 amide bonds. The van der Waals surface area contributed by atoms with Crippen LogP contribution in [0.5, 0.6) is 0 Å². The average molecular weight is 202 g/mol. The minimum Gasteiger partial charge on any atom is -0.378 e. The van der Waals surface area contributed by atoms with Crippen LogP contribution in [-0.4, -0.2) is 20.1 Å². The fourth-order valence-electron chi connectivity index (χ4n) is 1.24. The molecule has 1 aromatic carbocycles. The second-order valence-corrected chi connectivity index (χ2v) is 3.83. The Bertz CT molecular complexity index is 333. The molecule has 0 saturated carbocycles. The molecule has 1 N–H and O–H groups in total. The molecule has 0 aliphatic heterocycles. The molecule has 0 heterocycles. The normalized spacial score (nSPS) is 11.9. The molecule has 0 aliphatic carbocycles. The Morgan fingerprint density at radius 2 is 1.93 bits per heavy atom. The summed E-state index contributed by atoms with van der Waals surface area (Å²) in [4.78, 5) is 2.08. The molecule has 0 radical (unpaired) electrons. The lowest BCUT2D eigenvalue weighted by Gasteiger charge is -2.13. The first-order chi connectivity index (χ1) is 7.13. The Morgan fingerprint density at radius 1 is 1.33 bits per heavy atom. The average Bonchev–Trinajstić information content (AvgIpc) is 2.26. The van der Waals surface area contributed by atoms with Gasteiger partial charge in [0.2, 0.25) is 0 Å². The lowest BCUT2D eigenvalue weighted by Crippen LogP contribution is -2.23. The molecular weight excluding hydrogens is 184 g/mol. The zero-order chi connectivity index (χ0) is 11.3. The molecule has 0 bridgehead atoms. The van der Waals surface area contributed by atoms with Gasteiger partial charge in [0, 0.05) is 26.3 Å². The third-order valence-corrected chi connectivity index (χ3v) is 2.32. The summed E-state index contributed by atoms with van der Waals surface area (Å²) in [6.45, 7) is 2.80. The highest BCUT2D eigenvalue weighted by Crippen LogP contribution is 2.11. The van der Waals surface area contributed by atoms with E-state index in [0.717, 1.165) is 6.54 Å². The predicted octanol–water partition coefficient (Wildman–Crippen LogP) is 1.86. The SMILES string of the molecule is C#CC(C)NCc1ccc(N(C)C)cc1. The number of nitrogens with one attached hydrogen (secondary N) is 1. The van der Waals surface area contributed by atoms with Gasteiger partial charge in [0.25, 0.3) is 0 Å². The molecular formula is C13H18N2. The molecule has 1 atom stereocenters. The third-order valence-electron chi connectivity index (χ3n) is 2.32. The van der Waals surface area contributed by atoms with Crippen LogP contribution < -0.4 is 10.2 Å². The van der Waals surface area contributed by atoms with Crippen molar-refractivity contribution in [2.45, 2.75) is 19.5 Å². The van der Waals surface area contributed by atoms with Crippen LogP contribution in [0.4, 0.5) is 5.69 Å². The predicted molar refractivity (Wildman–Crippen MR) is 65.9 cm³/mol. The Balaban J connectivity index is 2.54. The lowest BCUT2D eigenvalue weighted by atomic mass is 10.2. The number of terminal acetylenes is 1. The highest BCUT2D eigenvalue weighted by molar-refractivity contribution is 5.45. The number of nitrogens with zero attached hydrogens (tertiary/aromatic N) is 1. The number of hydrogen-bond acceptors (Lipinski definition) is 2. The first kappa shape index (κ1) is 11.6. The van der Waals surface area contributed by atoms with Gasteiger partial charge >= 0.3 is 0 Å². The fraction of sp³-hybridized carbons (Fsp3) is 0.385. The van der Waals surface area contributed by atoms with Crippen LogP contribution in [0.15, 0.2) is 24.3 Å². The van der Waals surface area contributed by atoms with Gasteiger partial charge < -0.3 is 4.90 Å². The van der Waals surface area contributed by atoms with Crippen molar-refractivity contribution in [2.24, 2.45) is 0 Å². The van der Waals surface area contributed by atoms with Crippen molar-refractivity contribution in [3.8, 4) is 12.3 Å². The summed E-state index contributed by atoms with van der Waals surface area (Å²) in [6, 6.07) is 8.57. The summed E-state index contributed by atoms with van der Waals surface area (Å²) in [7, 11) is 4.07. The zero-order valence-corrected chi connectivity index (χ0v) is 9.62. The van der Waals surface area contributed by atoms with E-state index in [1.54, 1.807) is 0 Å². The minimum atomic E-state index is 0.124. The van der Waals surface area contributed by atoms with Crippen molar-refractivity contribution in [1.82, 2.24) is 5.32 Å². The van der Waals surface area contributed by atoms with Crippen molar-refractivity contribution in [3.05, 3.63) is 29.8 Å². The molecule has 2 nitrogen and oxygen atoms in total.